The van der Waals surface area contributed by atoms with Gasteiger partial charge in [-0.1, -0.05) is 17.8 Å². The molecule has 0 aromatic carbocycles. The molecule has 74 valence electrons. The van der Waals surface area contributed by atoms with E-state index in [1.807, 2.05) is 17.5 Å². The Labute approximate surface area is 89.4 Å². The van der Waals surface area contributed by atoms with Gasteiger partial charge in [0, 0.05) is 5.75 Å². The lowest BCUT2D eigenvalue weighted by Gasteiger charge is -1.90. The third-order valence-electron chi connectivity index (χ3n) is 1.55. The van der Waals surface area contributed by atoms with Crippen LogP contribution in [0, 0.1) is 0 Å². The third-order valence-corrected chi connectivity index (χ3v) is 3.27. The van der Waals surface area contributed by atoms with E-state index in [0.717, 1.165) is 15.9 Å². The summed E-state index contributed by atoms with van der Waals surface area (Å²) < 4.78 is 0. The fraction of sp³-hybridized carbons (Fsp3) is 0.250. The van der Waals surface area contributed by atoms with E-state index in [1.54, 1.807) is 11.3 Å². The maximum Gasteiger partial charge on any atom is 0.188 e. The standard InChI is InChI=1S/C8H9N3OS2/c12-3-5-14-8-9-7(10-11-8)6-2-1-4-13-6/h1-2,4,12H,3,5H2,(H,9,10,11). The number of rotatable bonds is 4. The molecule has 0 aliphatic rings. The summed E-state index contributed by atoms with van der Waals surface area (Å²) in [5.74, 6) is 1.43. The number of nitrogens with one attached hydrogen (secondary N) is 1. The molecule has 0 radical (unpaired) electrons. The van der Waals surface area contributed by atoms with Gasteiger partial charge in [0.2, 0.25) is 0 Å². The summed E-state index contributed by atoms with van der Waals surface area (Å²) in [4.78, 5) is 4.17. The minimum atomic E-state index is 0.152. The van der Waals surface area contributed by atoms with E-state index in [4.69, 9.17) is 5.11 Å². The fourth-order valence-electron chi connectivity index (χ4n) is 0.978. The first-order valence-corrected chi connectivity index (χ1v) is 5.97. The van der Waals surface area contributed by atoms with Crippen LogP contribution < -0.4 is 0 Å². The average molecular weight is 227 g/mol. The highest BCUT2D eigenvalue weighted by molar-refractivity contribution is 7.99. The van der Waals surface area contributed by atoms with E-state index in [2.05, 4.69) is 15.2 Å². The van der Waals surface area contributed by atoms with Crippen LogP contribution in [-0.2, 0) is 0 Å². The van der Waals surface area contributed by atoms with Crippen LogP contribution >= 0.6 is 23.1 Å². The summed E-state index contributed by atoms with van der Waals surface area (Å²) in [5, 5.41) is 19.4. The Balaban J connectivity index is 2.10. The molecule has 0 saturated heterocycles. The van der Waals surface area contributed by atoms with Crippen LogP contribution in [0.15, 0.2) is 22.7 Å². The zero-order chi connectivity index (χ0) is 9.80. The zero-order valence-electron chi connectivity index (χ0n) is 7.30. The monoisotopic (exact) mass is 227 g/mol. The van der Waals surface area contributed by atoms with Gasteiger partial charge in [-0.25, -0.2) is 0 Å². The van der Waals surface area contributed by atoms with Gasteiger partial charge in [-0.15, -0.1) is 21.5 Å². The van der Waals surface area contributed by atoms with Crippen LogP contribution in [0.25, 0.3) is 10.7 Å². The lowest BCUT2D eigenvalue weighted by molar-refractivity contribution is 0.322. The Morgan fingerprint density at radius 1 is 1.50 bits per heavy atom. The van der Waals surface area contributed by atoms with Crippen LogP contribution in [0.3, 0.4) is 0 Å². The number of hydrogen-bond donors (Lipinski definition) is 2. The first-order chi connectivity index (χ1) is 6.90. The summed E-state index contributed by atoms with van der Waals surface area (Å²) in [6, 6.07) is 3.97. The predicted molar refractivity (Wildman–Crippen MR) is 57.5 cm³/mol. The molecule has 2 aromatic rings. The van der Waals surface area contributed by atoms with Gasteiger partial charge in [0.25, 0.3) is 0 Å². The van der Waals surface area contributed by atoms with Crippen molar-refractivity contribution in [3.63, 3.8) is 0 Å². The molecule has 2 N–H and O–H groups in total. The van der Waals surface area contributed by atoms with Crippen molar-refractivity contribution in [3.05, 3.63) is 17.5 Å². The average Bonchev–Trinajstić information content (AvgIpc) is 2.85. The molecule has 0 bridgehead atoms. The predicted octanol–water partition coefficient (Wildman–Crippen LogP) is 1.62. The second kappa shape index (κ2) is 4.59. The van der Waals surface area contributed by atoms with Crippen LogP contribution in [0.4, 0.5) is 0 Å². The van der Waals surface area contributed by atoms with Crippen molar-refractivity contribution in [2.45, 2.75) is 5.16 Å². The van der Waals surface area contributed by atoms with Crippen molar-refractivity contribution in [2.75, 3.05) is 12.4 Å². The van der Waals surface area contributed by atoms with Crippen LogP contribution in [-0.4, -0.2) is 32.6 Å². The van der Waals surface area contributed by atoms with E-state index >= 15 is 0 Å². The van der Waals surface area contributed by atoms with E-state index < -0.39 is 0 Å². The number of H-pyrrole nitrogens is 1. The molecule has 6 heteroatoms. The molecule has 0 aliphatic carbocycles. The van der Waals surface area contributed by atoms with Crippen molar-refractivity contribution >= 4 is 23.1 Å². The van der Waals surface area contributed by atoms with E-state index in [0.29, 0.717) is 5.75 Å². The molecule has 0 spiro atoms. The molecule has 2 heterocycles. The van der Waals surface area contributed by atoms with Gasteiger partial charge < -0.3 is 10.1 Å². The molecule has 14 heavy (non-hydrogen) atoms. The maximum atomic E-state index is 8.64. The van der Waals surface area contributed by atoms with Crippen molar-refractivity contribution in [2.24, 2.45) is 0 Å². The normalized spacial score (nSPS) is 10.6. The highest BCUT2D eigenvalue weighted by Gasteiger charge is 2.05. The molecule has 0 amide bonds. The van der Waals surface area contributed by atoms with Crippen LogP contribution in [0.2, 0.25) is 0 Å². The van der Waals surface area contributed by atoms with Gasteiger partial charge >= 0.3 is 0 Å². The number of aliphatic hydroxyl groups excluding tert-OH is 1. The van der Waals surface area contributed by atoms with Crippen molar-refractivity contribution in [1.29, 1.82) is 0 Å². The molecular formula is C8H9N3OS2. The summed E-state index contributed by atoms with van der Waals surface area (Å²) in [7, 11) is 0. The second-order valence-corrected chi connectivity index (χ2v) is 4.56. The highest BCUT2D eigenvalue weighted by atomic mass is 32.2. The summed E-state index contributed by atoms with van der Waals surface area (Å²) in [6.07, 6.45) is 0. The fourth-order valence-corrected chi connectivity index (χ4v) is 2.19. The number of aromatic nitrogens is 3. The summed E-state index contributed by atoms with van der Waals surface area (Å²) >= 11 is 3.08. The smallest absolute Gasteiger partial charge is 0.188 e. The maximum absolute atomic E-state index is 8.64. The SMILES string of the molecule is OCCSc1nnc(-c2cccs2)[nH]1. The van der Waals surface area contributed by atoms with Crippen LogP contribution in [0.5, 0.6) is 0 Å². The first-order valence-electron chi connectivity index (χ1n) is 4.10. The Morgan fingerprint density at radius 2 is 2.43 bits per heavy atom. The molecule has 0 saturated carbocycles. The molecule has 4 nitrogen and oxygen atoms in total. The quantitative estimate of drug-likeness (QED) is 0.779. The lowest BCUT2D eigenvalue weighted by Crippen LogP contribution is -1.86. The first kappa shape index (κ1) is 9.70. The van der Waals surface area contributed by atoms with Gasteiger partial charge in [0.1, 0.15) is 0 Å². The van der Waals surface area contributed by atoms with Gasteiger partial charge in [-0.3, -0.25) is 0 Å². The molecule has 2 rings (SSSR count). The van der Waals surface area contributed by atoms with E-state index in [9.17, 15) is 0 Å². The number of thioether (sulfide) groups is 1. The topological polar surface area (TPSA) is 61.8 Å². The van der Waals surface area contributed by atoms with E-state index in [-0.39, 0.29) is 6.61 Å². The molecule has 0 fully saturated rings. The van der Waals surface area contributed by atoms with Gasteiger partial charge in [-0.2, -0.15) is 0 Å². The second-order valence-electron chi connectivity index (χ2n) is 2.53. The van der Waals surface area contributed by atoms with Crippen LogP contribution in [0.1, 0.15) is 0 Å². The van der Waals surface area contributed by atoms with Crippen molar-refractivity contribution < 1.29 is 5.11 Å². The van der Waals surface area contributed by atoms with Crippen molar-refractivity contribution in [1.82, 2.24) is 15.2 Å². The van der Waals surface area contributed by atoms with Crippen molar-refractivity contribution in [3.8, 4) is 10.7 Å². The number of aliphatic hydroxyl groups is 1. The Hall–Kier alpha value is -0.850. The Kier molecular flexibility index (Phi) is 3.18. The molecule has 0 aliphatic heterocycles. The van der Waals surface area contributed by atoms with Gasteiger partial charge in [0.05, 0.1) is 11.5 Å². The zero-order valence-corrected chi connectivity index (χ0v) is 8.94. The highest BCUT2D eigenvalue weighted by Crippen LogP contribution is 2.22. The number of nitrogens with zero attached hydrogens (tertiary/aromatic N) is 2. The number of thiophene rings is 1. The van der Waals surface area contributed by atoms with Gasteiger partial charge in [-0.05, 0) is 11.4 Å². The Bertz CT molecular complexity index is 385. The lowest BCUT2D eigenvalue weighted by atomic mass is 10.4. The Morgan fingerprint density at radius 3 is 3.14 bits per heavy atom. The third kappa shape index (κ3) is 2.14. The summed E-state index contributed by atoms with van der Waals surface area (Å²) in [6.45, 7) is 0.152. The number of hydrogen-bond acceptors (Lipinski definition) is 5. The summed E-state index contributed by atoms with van der Waals surface area (Å²) in [5.41, 5.74) is 0. The molecule has 0 unspecified atom stereocenters. The number of aromatic amines is 1. The van der Waals surface area contributed by atoms with Gasteiger partial charge in [0.15, 0.2) is 11.0 Å². The minimum absolute atomic E-state index is 0.152. The molecule has 0 atom stereocenters. The molecular weight excluding hydrogens is 218 g/mol. The minimum Gasteiger partial charge on any atom is -0.396 e. The molecule has 2 aromatic heterocycles. The van der Waals surface area contributed by atoms with E-state index in [1.165, 1.54) is 11.8 Å². The largest absolute Gasteiger partial charge is 0.396 e.